The van der Waals surface area contributed by atoms with Crippen LogP contribution in [0.1, 0.15) is 20.8 Å². The van der Waals surface area contributed by atoms with E-state index in [-0.39, 0.29) is 15.7 Å². The molecule has 2 amide bonds. The van der Waals surface area contributed by atoms with Crippen molar-refractivity contribution in [1.29, 1.82) is 0 Å². The molecule has 4 aromatic rings. The van der Waals surface area contributed by atoms with Gasteiger partial charge in [-0.3, -0.25) is 14.3 Å². The van der Waals surface area contributed by atoms with Gasteiger partial charge in [-0.2, -0.15) is 0 Å². The van der Waals surface area contributed by atoms with Crippen LogP contribution in [-0.2, 0) is 14.8 Å². The molecule has 2 heterocycles. The molecular weight excluding hydrogens is 504 g/mol. The summed E-state index contributed by atoms with van der Waals surface area (Å²) in [5.41, 5.74) is 1.86. The van der Waals surface area contributed by atoms with Crippen LogP contribution in [0.2, 0.25) is 0 Å². The number of aryl methyl sites for hydroxylation is 1. The maximum absolute atomic E-state index is 13.0. The SMILES string of the molecule is Cc1ccc(C(=O)NC(=Cc2cccs2)C(=O)Nc2ccc(S(=O)(=O)Nc3nccs3)cc2)cc1. The number of thiophene rings is 1. The lowest BCUT2D eigenvalue weighted by molar-refractivity contribution is -0.113. The minimum Gasteiger partial charge on any atom is -0.321 e. The Bertz CT molecular complexity index is 1440. The van der Waals surface area contributed by atoms with Gasteiger partial charge in [0.05, 0.1) is 4.90 Å². The minimum absolute atomic E-state index is 0.0210. The number of hydrogen-bond donors (Lipinski definition) is 3. The summed E-state index contributed by atoms with van der Waals surface area (Å²) in [4.78, 5) is 30.5. The number of amides is 2. The van der Waals surface area contributed by atoms with Gasteiger partial charge in [0.2, 0.25) is 0 Å². The molecule has 0 bridgehead atoms. The highest BCUT2D eigenvalue weighted by molar-refractivity contribution is 7.93. The van der Waals surface area contributed by atoms with Crippen molar-refractivity contribution in [2.24, 2.45) is 0 Å². The Labute approximate surface area is 210 Å². The molecule has 0 aliphatic carbocycles. The normalized spacial score (nSPS) is 11.6. The van der Waals surface area contributed by atoms with Gasteiger partial charge in [0.25, 0.3) is 21.8 Å². The fourth-order valence-corrected chi connectivity index (χ4v) is 5.38. The molecule has 35 heavy (non-hydrogen) atoms. The van der Waals surface area contributed by atoms with Crippen molar-refractivity contribution in [3.8, 4) is 0 Å². The summed E-state index contributed by atoms with van der Waals surface area (Å²) in [6.07, 6.45) is 3.09. The number of hydrogen-bond acceptors (Lipinski definition) is 7. The van der Waals surface area contributed by atoms with Gasteiger partial charge >= 0.3 is 0 Å². The van der Waals surface area contributed by atoms with Gasteiger partial charge in [-0.1, -0.05) is 23.8 Å². The lowest BCUT2D eigenvalue weighted by Crippen LogP contribution is -2.30. The van der Waals surface area contributed by atoms with Gasteiger partial charge in [-0.05, 0) is 60.8 Å². The van der Waals surface area contributed by atoms with Crippen LogP contribution in [-0.4, -0.2) is 25.2 Å². The average Bonchev–Trinajstić information content (AvgIpc) is 3.53. The van der Waals surface area contributed by atoms with Crippen molar-refractivity contribution in [3.63, 3.8) is 0 Å². The van der Waals surface area contributed by atoms with E-state index in [1.807, 2.05) is 36.6 Å². The highest BCUT2D eigenvalue weighted by Gasteiger charge is 2.18. The van der Waals surface area contributed by atoms with E-state index < -0.39 is 21.8 Å². The molecule has 0 unspecified atom stereocenters. The highest BCUT2D eigenvalue weighted by atomic mass is 32.2. The van der Waals surface area contributed by atoms with E-state index in [9.17, 15) is 18.0 Å². The molecule has 2 aromatic heterocycles. The van der Waals surface area contributed by atoms with Crippen LogP contribution < -0.4 is 15.4 Å². The second-order valence-corrected chi connectivity index (χ2v) is 10.9. The standard InChI is InChI=1S/C24H20N4O4S3/c1-16-4-6-17(7-5-16)22(29)27-21(15-19-3-2-13-33-19)23(30)26-18-8-10-20(11-9-18)35(31,32)28-24-25-12-14-34-24/h2-15H,1H3,(H,25,28)(H,26,30)(H,27,29). The van der Waals surface area contributed by atoms with Crippen LogP contribution in [0.3, 0.4) is 0 Å². The summed E-state index contributed by atoms with van der Waals surface area (Å²) in [7, 11) is -3.81. The summed E-state index contributed by atoms with van der Waals surface area (Å²) >= 11 is 2.59. The van der Waals surface area contributed by atoms with E-state index in [4.69, 9.17) is 0 Å². The van der Waals surface area contributed by atoms with Crippen LogP contribution in [0.4, 0.5) is 10.8 Å². The number of nitrogens with zero attached hydrogens (tertiary/aromatic N) is 1. The zero-order chi connectivity index (χ0) is 24.8. The average molecular weight is 525 g/mol. The topological polar surface area (TPSA) is 117 Å². The number of sulfonamides is 1. The first-order chi connectivity index (χ1) is 16.8. The summed E-state index contributed by atoms with van der Waals surface area (Å²) in [5, 5.41) is 9.16. The molecule has 11 heteroatoms. The van der Waals surface area contributed by atoms with E-state index in [0.29, 0.717) is 11.3 Å². The van der Waals surface area contributed by atoms with E-state index in [1.165, 1.54) is 53.1 Å². The Balaban J connectivity index is 1.50. The monoisotopic (exact) mass is 524 g/mol. The Morgan fingerprint density at radius 1 is 0.943 bits per heavy atom. The van der Waals surface area contributed by atoms with Crippen LogP contribution in [0, 0.1) is 6.92 Å². The molecule has 0 aliphatic heterocycles. The molecule has 178 valence electrons. The number of rotatable bonds is 8. The lowest BCUT2D eigenvalue weighted by atomic mass is 10.1. The van der Waals surface area contributed by atoms with Gasteiger partial charge in [0.1, 0.15) is 5.70 Å². The fraction of sp³-hybridized carbons (Fsp3) is 0.0417. The van der Waals surface area contributed by atoms with Gasteiger partial charge in [-0.25, -0.2) is 13.4 Å². The highest BCUT2D eigenvalue weighted by Crippen LogP contribution is 2.20. The Kier molecular flexibility index (Phi) is 7.39. The van der Waals surface area contributed by atoms with Gasteiger partial charge in [-0.15, -0.1) is 22.7 Å². The molecule has 0 spiro atoms. The molecule has 8 nitrogen and oxygen atoms in total. The molecule has 0 radical (unpaired) electrons. The third-order valence-electron chi connectivity index (χ3n) is 4.71. The number of carbonyl (C=O) groups is 2. The smallest absolute Gasteiger partial charge is 0.272 e. The summed E-state index contributed by atoms with van der Waals surface area (Å²) in [6, 6.07) is 16.4. The predicted octanol–water partition coefficient (Wildman–Crippen LogP) is 4.72. The fourth-order valence-electron chi connectivity index (χ4n) is 2.94. The second-order valence-electron chi connectivity index (χ2n) is 7.31. The Hall–Kier alpha value is -3.80. The largest absolute Gasteiger partial charge is 0.321 e. The van der Waals surface area contributed by atoms with Crippen molar-refractivity contribution < 1.29 is 18.0 Å². The number of benzene rings is 2. The first kappa shape index (κ1) is 24.3. The maximum atomic E-state index is 13.0. The van der Waals surface area contributed by atoms with Crippen LogP contribution in [0.15, 0.2) is 88.2 Å². The zero-order valence-electron chi connectivity index (χ0n) is 18.4. The Morgan fingerprint density at radius 2 is 1.69 bits per heavy atom. The first-order valence-corrected chi connectivity index (χ1v) is 13.5. The van der Waals surface area contributed by atoms with Crippen molar-refractivity contribution in [2.75, 3.05) is 10.0 Å². The van der Waals surface area contributed by atoms with Crippen LogP contribution in [0.25, 0.3) is 6.08 Å². The molecule has 0 saturated heterocycles. The van der Waals surface area contributed by atoms with Gasteiger partial charge in [0.15, 0.2) is 5.13 Å². The van der Waals surface area contributed by atoms with Crippen molar-refractivity contribution >= 4 is 61.4 Å². The molecule has 0 fully saturated rings. The number of carbonyl (C=O) groups excluding carboxylic acids is 2. The molecule has 4 rings (SSSR count). The maximum Gasteiger partial charge on any atom is 0.272 e. The van der Waals surface area contributed by atoms with E-state index in [0.717, 1.165) is 10.4 Å². The van der Waals surface area contributed by atoms with Gasteiger partial charge < -0.3 is 10.6 Å². The summed E-state index contributed by atoms with van der Waals surface area (Å²) in [6.45, 7) is 1.92. The first-order valence-electron chi connectivity index (χ1n) is 10.3. The van der Waals surface area contributed by atoms with E-state index >= 15 is 0 Å². The molecule has 0 atom stereocenters. The number of anilines is 2. The minimum atomic E-state index is -3.81. The third-order valence-corrected chi connectivity index (χ3v) is 7.70. The van der Waals surface area contributed by atoms with Gasteiger partial charge in [0, 0.05) is 27.7 Å². The van der Waals surface area contributed by atoms with Crippen molar-refractivity contribution in [3.05, 3.63) is 99.3 Å². The molecule has 3 N–H and O–H groups in total. The summed E-state index contributed by atoms with van der Waals surface area (Å²) < 4.78 is 27.4. The molecule has 2 aromatic carbocycles. The van der Waals surface area contributed by atoms with Crippen molar-refractivity contribution in [2.45, 2.75) is 11.8 Å². The lowest BCUT2D eigenvalue weighted by Gasteiger charge is -2.12. The molecule has 0 saturated carbocycles. The quantitative estimate of drug-likeness (QED) is 0.288. The predicted molar refractivity (Wildman–Crippen MR) is 139 cm³/mol. The number of thiazole rings is 1. The Morgan fingerprint density at radius 3 is 2.31 bits per heavy atom. The van der Waals surface area contributed by atoms with Crippen molar-refractivity contribution in [1.82, 2.24) is 10.3 Å². The molecule has 0 aliphatic rings. The molecular formula is C24H20N4O4S3. The number of nitrogens with one attached hydrogen (secondary N) is 3. The zero-order valence-corrected chi connectivity index (χ0v) is 20.8. The van der Waals surface area contributed by atoms with Crippen LogP contribution in [0.5, 0.6) is 0 Å². The second kappa shape index (κ2) is 10.6. The van der Waals surface area contributed by atoms with Crippen LogP contribution >= 0.6 is 22.7 Å². The summed E-state index contributed by atoms with van der Waals surface area (Å²) in [5.74, 6) is -0.965. The van der Waals surface area contributed by atoms with E-state index in [2.05, 4.69) is 20.3 Å². The third kappa shape index (κ3) is 6.41. The number of aromatic nitrogens is 1. The van der Waals surface area contributed by atoms with E-state index in [1.54, 1.807) is 23.6 Å².